The van der Waals surface area contributed by atoms with E-state index >= 15 is 0 Å². The van der Waals surface area contributed by atoms with E-state index < -0.39 is 0 Å². The van der Waals surface area contributed by atoms with Crippen LogP contribution in [0.15, 0.2) is 36.4 Å². The van der Waals surface area contributed by atoms with Crippen LogP contribution in [-0.4, -0.2) is 37.6 Å². The van der Waals surface area contributed by atoms with Gasteiger partial charge < -0.3 is 9.47 Å². The summed E-state index contributed by atoms with van der Waals surface area (Å²) < 4.78 is 10.7. The average molecular weight is 371 g/mol. The fraction of sp³-hybridized carbons (Fsp3) is 0.476. The van der Waals surface area contributed by atoms with E-state index in [-0.39, 0.29) is 29.6 Å². The molecule has 0 radical (unpaired) electrons. The number of benzene rings is 1. The topological polar surface area (TPSA) is 72.9 Å². The molecule has 0 bridgehead atoms. The highest BCUT2D eigenvalue weighted by Crippen LogP contribution is 2.37. The molecule has 0 aromatic heterocycles. The Labute approximate surface area is 159 Å². The van der Waals surface area contributed by atoms with Gasteiger partial charge in [-0.15, -0.1) is 0 Å². The van der Waals surface area contributed by atoms with Gasteiger partial charge in [0.15, 0.2) is 0 Å². The zero-order valence-corrected chi connectivity index (χ0v) is 15.6. The molecule has 2 aliphatic rings. The van der Waals surface area contributed by atoms with Crippen LogP contribution in [-0.2, 0) is 30.3 Å². The monoisotopic (exact) mass is 371 g/mol. The van der Waals surface area contributed by atoms with E-state index in [1.54, 1.807) is 24.3 Å². The number of carbonyl (C=O) groups is 3. The number of rotatable bonds is 9. The Morgan fingerprint density at radius 1 is 1.11 bits per heavy atom. The third-order valence-electron chi connectivity index (χ3n) is 5.06. The molecule has 144 valence electrons. The van der Waals surface area contributed by atoms with Gasteiger partial charge in [0, 0.05) is 17.6 Å². The minimum atomic E-state index is -0.357. The maximum Gasteiger partial charge on any atom is 0.310 e. The summed E-state index contributed by atoms with van der Waals surface area (Å²) >= 11 is 0. The van der Waals surface area contributed by atoms with Gasteiger partial charge in [-0.3, -0.25) is 14.4 Å². The van der Waals surface area contributed by atoms with Crippen LogP contribution < -0.4 is 4.90 Å². The van der Waals surface area contributed by atoms with E-state index in [1.807, 2.05) is 0 Å². The Balaban J connectivity index is 1.42. The molecular weight excluding hydrogens is 346 g/mol. The van der Waals surface area contributed by atoms with Crippen molar-refractivity contribution in [3.63, 3.8) is 0 Å². The molecule has 3 rings (SSSR count). The standard InChI is InChI=1S/C21H25NO5/c1-2-10-21(14-26-15-21)11-3-12-27-20(25)13-16-4-6-17(7-5-16)22-18(23)8-9-19(22)24/h4-9H,2-3,10-15H2,1H3. The van der Waals surface area contributed by atoms with Gasteiger partial charge in [0.2, 0.25) is 0 Å². The normalized spacial score (nSPS) is 17.9. The summed E-state index contributed by atoms with van der Waals surface area (Å²) in [7, 11) is 0. The Morgan fingerprint density at radius 3 is 2.33 bits per heavy atom. The zero-order valence-electron chi connectivity index (χ0n) is 15.6. The van der Waals surface area contributed by atoms with Crippen molar-refractivity contribution in [1.29, 1.82) is 0 Å². The molecule has 0 unspecified atom stereocenters. The van der Waals surface area contributed by atoms with Crippen molar-refractivity contribution in [3.8, 4) is 0 Å². The van der Waals surface area contributed by atoms with Crippen molar-refractivity contribution in [2.24, 2.45) is 5.41 Å². The molecule has 1 saturated heterocycles. The molecule has 1 aromatic rings. The number of carbonyl (C=O) groups excluding carboxylic acids is 3. The van der Waals surface area contributed by atoms with Crippen LogP contribution >= 0.6 is 0 Å². The lowest BCUT2D eigenvalue weighted by Gasteiger charge is -2.41. The van der Waals surface area contributed by atoms with Gasteiger partial charge in [0.1, 0.15) is 0 Å². The van der Waals surface area contributed by atoms with E-state index in [0.717, 1.165) is 49.4 Å². The molecule has 0 saturated carbocycles. The number of esters is 1. The summed E-state index contributed by atoms with van der Waals surface area (Å²) in [5, 5.41) is 0. The van der Waals surface area contributed by atoms with Gasteiger partial charge in [-0.05, 0) is 37.0 Å². The Morgan fingerprint density at radius 2 is 1.78 bits per heavy atom. The third-order valence-corrected chi connectivity index (χ3v) is 5.06. The molecule has 0 N–H and O–H groups in total. The van der Waals surface area contributed by atoms with Crippen LogP contribution in [0.1, 0.15) is 38.2 Å². The highest BCUT2D eigenvalue weighted by molar-refractivity contribution is 6.28. The number of ether oxygens (including phenoxy) is 2. The molecule has 2 heterocycles. The zero-order chi connectivity index (χ0) is 19.3. The van der Waals surface area contributed by atoms with Crippen molar-refractivity contribution in [1.82, 2.24) is 0 Å². The average Bonchev–Trinajstić information content (AvgIpc) is 2.95. The van der Waals surface area contributed by atoms with Gasteiger partial charge >= 0.3 is 5.97 Å². The van der Waals surface area contributed by atoms with Gasteiger partial charge in [-0.25, -0.2) is 4.90 Å². The first-order chi connectivity index (χ1) is 13.0. The fourth-order valence-electron chi connectivity index (χ4n) is 3.60. The van der Waals surface area contributed by atoms with E-state index in [0.29, 0.717) is 12.3 Å². The SMILES string of the molecule is CCCC1(CCCOC(=O)Cc2ccc(N3C(=O)C=CC3=O)cc2)COC1. The predicted octanol–water partition coefficient (Wildman–Crippen LogP) is 2.80. The predicted molar refractivity (Wildman–Crippen MR) is 100 cm³/mol. The van der Waals surface area contributed by atoms with Crippen molar-refractivity contribution >= 4 is 23.5 Å². The Hall–Kier alpha value is -2.47. The van der Waals surface area contributed by atoms with Crippen LogP contribution in [0, 0.1) is 5.41 Å². The van der Waals surface area contributed by atoms with Crippen molar-refractivity contribution < 1.29 is 23.9 Å². The molecule has 0 aliphatic carbocycles. The van der Waals surface area contributed by atoms with Crippen molar-refractivity contribution in [3.05, 3.63) is 42.0 Å². The number of hydrogen-bond acceptors (Lipinski definition) is 5. The molecule has 6 nitrogen and oxygen atoms in total. The maximum absolute atomic E-state index is 12.0. The smallest absolute Gasteiger partial charge is 0.310 e. The summed E-state index contributed by atoms with van der Waals surface area (Å²) in [6, 6.07) is 6.79. The maximum atomic E-state index is 12.0. The minimum Gasteiger partial charge on any atom is -0.465 e. The number of anilines is 1. The van der Waals surface area contributed by atoms with Crippen LogP contribution in [0.2, 0.25) is 0 Å². The first kappa shape index (κ1) is 19.3. The van der Waals surface area contributed by atoms with Crippen LogP contribution in [0.3, 0.4) is 0 Å². The summed E-state index contributed by atoms with van der Waals surface area (Å²) in [6.45, 7) is 4.24. The summed E-state index contributed by atoms with van der Waals surface area (Å²) in [5.74, 6) is -0.984. The largest absolute Gasteiger partial charge is 0.465 e. The Bertz CT molecular complexity index is 715. The van der Waals surface area contributed by atoms with Gasteiger partial charge in [-0.2, -0.15) is 0 Å². The van der Waals surface area contributed by atoms with Crippen molar-refractivity contribution in [2.45, 2.75) is 39.0 Å². The molecule has 0 spiro atoms. The second-order valence-corrected chi connectivity index (χ2v) is 7.26. The molecule has 6 heteroatoms. The molecule has 27 heavy (non-hydrogen) atoms. The first-order valence-electron chi connectivity index (χ1n) is 9.41. The molecule has 1 aromatic carbocycles. The van der Waals surface area contributed by atoms with Crippen LogP contribution in [0.5, 0.6) is 0 Å². The van der Waals surface area contributed by atoms with E-state index in [4.69, 9.17) is 9.47 Å². The van der Waals surface area contributed by atoms with Gasteiger partial charge in [-0.1, -0.05) is 25.5 Å². The van der Waals surface area contributed by atoms with Gasteiger partial charge in [0.05, 0.1) is 31.9 Å². The van der Waals surface area contributed by atoms with Crippen LogP contribution in [0.25, 0.3) is 0 Å². The van der Waals surface area contributed by atoms with Crippen LogP contribution in [0.4, 0.5) is 5.69 Å². The highest BCUT2D eigenvalue weighted by atomic mass is 16.5. The van der Waals surface area contributed by atoms with E-state index in [2.05, 4.69) is 6.92 Å². The third kappa shape index (κ3) is 4.63. The number of amides is 2. The lowest BCUT2D eigenvalue weighted by Crippen LogP contribution is -2.42. The van der Waals surface area contributed by atoms with E-state index in [9.17, 15) is 14.4 Å². The van der Waals surface area contributed by atoms with Crippen molar-refractivity contribution in [2.75, 3.05) is 24.7 Å². The molecular formula is C21H25NO5. The summed E-state index contributed by atoms with van der Waals surface area (Å²) in [4.78, 5) is 36.4. The van der Waals surface area contributed by atoms with Gasteiger partial charge in [0.25, 0.3) is 11.8 Å². The molecule has 0 atom stereocenters. The highest BCUT2D eigenvalue weighted by Gasteiger charge is 2.36. The number of hydrogen-bond donors (Lipinski definition) is 0. The lowest BCUT2D eigenvalue weighted by molar-refractivity contribution is -0.145. The first-order valence-corrected chi connectivity index (χ1v) is 9.41. The fourth-order valence-corrected chi connectivity index (χ4v) is 3.60. The second kappa shape index (κ2) is 8.48. The molecule has 1 fully saturated rings. The molecule has 2 amide bonds. The minimum absolute atomic E-state index is 0.170. The number of nitrogens with zero attached hydrogens (tertiary/aromatic N) is 1. The summed E-state index contributed by atoms with van der Waals surface area (Å²) in [6.07, 6.45) is 6.83. The summed E-state index contributed by atoms with van der Waals surface area (Å²) in [5.41, 5.74) is 1.57. The Kier molecular flexibility index (Phi) is 6.06. The number of imide groups is 1. The second-order valence-electron chi connectivity index (χ2n) is 7.26. The quantitative estimate of drug-likeness (QED) is 0.379. The molecule has 2 aliphatic heterocycles. The van der Waals surface area contributed by atoms with E-state index in [1.165, 1.54) is 12.2 Å². The lowest BCUT2D eigenvalue weighted by atomic mass is 9.77.